The van der Waals surface area contributed by atoms with Crippen molar-refractivity contribution >= 4 is 35.2 Å². The first-order chi connectivity index (χ1) is 13.9. The molecule has 2 aromatic rings. The van der Waals surface area contributed by atoms with E-state index in [0.717, 1.165) is 12.0 Å². The highest BCUT2D eigenvalue weighted by molar-refractivity contribution is 7.80. The van der Waals surface area contributed by atoms with Crippen LogP contribution < -0.4 is 20.9 Å². The maximum absolute atomic E-state index is 12.2. The molecule has 0 atom stereocenters. The van der Waals surface area contributed by atoms with Crippen molar-refractivity contribution < 1.29 is 14.3 Å². The van der Waals surface area contributed by atoms with Crippen molar-refractivity contribution in [3.8, 4) is 5.75 Å². The molecule has 0 aliphatic rings. The zero-order valence-electron chi connectivity index (χ0n) is 16.5. The number of nitrogens with one attached hydrogen (secondary N) is 3. The Balaban J connectivity index is 1.74. The number of carbonyl (C=O) groups excluding carboxylic acids is 2. The fraction of sp³-hybridized carbons (Fsp3) is 0.227. The van der Waals surface area contributed by atoms with Crippen molar-refractivity contribution in [1.82, 2.24) is 16.2 Å². The Labute approximate surface area is 176 Å². The van der Waals surface area contributed by atoms with E-state index in [-0.39, 0.29) is 11.0 Å². The van der Waals surface area contributed by atoms with Gasteiger partial charge in [-0.25, -0.2) is 0 Å². The molecule has 2 amide bonds. The van der Waals surface area contributed by atoms with Gasteiger partial charge in [0, 0.05) is 11.6 Å². The Kier molecular flexibility index (Phi) is 8.85. The number of amides is 2. The lowest BCUT2D eigenvalue weighted by Gasteiger charge is -2.11. The first-order valence-electron chi connectivity index (χ1n) is 9.31. The van der Waals surface area contributed by atoms with Crippen LogP contribution in [-0.4, -0.2) is 23.5 Å². The van der Waals surface area contributed by atoms with Gasteiger partial charge in [0.25, 0.3) is 5.91 Å². The molecule has 0 heterocycles. The topological polar surface area (TPSA) is 79.5 Å². The highest BCUT2D eigenvalue weighted by Gasteiger charge is 2.07. The molecule has 29 heavy (non-hydrogen) atoms. The van der Waals surface area contributed by atoms with E-state index in [4.69, 9.17) is 17.0 Å². The molecule has 0 aromatic heterocycles. The second-order valence-electron chi connectivity index (χ2n) is 6.70. The largest absolute Gasteiger partial charge is 0.494 e. The van der Waals surface area contributed by atoms with Gasteiger partial charge in [0.1, 0.15) is 5.75 Å². The van der Waals surface area contributed by atoms with E-state index in [9.17, 15) is 9.59 Å². The Hall–Kier alpha value is -3.19. The second-order valence-corrected chi connectivity index (χ2v) is 7.11. The molecule has 0 unspecified atom stereocenters. The summed E-state index contributed by atoms with van der Waals surface area (Å²) in [6.45, 7) is 4.91. The van der Waals surface area contributed by atoms with Crippen LogP contribution in [0.1, 0.15) is 36.2 Å². The molecule has 0 fully saturated rings. The van der Waals surface area contributed by atoms with Gasteiger partial charge in [0.2, 0.25) is 5.91 Å². The minimum atomic E-state index is -0.400. The van der Waals surface area contributed by atoms with Crippen molar-refractivity contribution in [2.45, 2.75) is 20.3 Å². The molecule has 6 nitrogen and oxygen atoms in total. The zero-order chi connectivity index (χ0) is 21.1. The quantitative estimate of drug-likeness (QED) is 0.369. The summed E-state index contributed by atoms with van der Waals surface area (Å²) >= 11 is 5.01. The van der Waals surface area contributed by atoms with Gasteiger partial charge in [-0.05, 0) is 60.5 Å². The molecule has 0 saturated heterocycles. The predicted octanol–water partition coefficient (Wildman–Crippen LogP) is 3.46. The first-order valence-corrected chi connectivity index (χ1v) is 9.72. The van der Waals surface area contributed by atoms with Crippen LogP contribution in [0, 0.1) is 5.92 Å². The van der Waals surface area contributed by atoms with Gasteiger partial charge in [0.15, 0.2) is 5.11 Å². The summed E-state index contributed by atoms with van der Waals surface area (Å²) in [5.74, 6) is 0.506. The lowest BCUT2D eigenvalue weighted by Crippen LogP contribution is -2.48. The number of rotatable bonds is 7. The van der Waals surface area contributed by atoms with Gasteiger partial charge in [0.05, 0.1) is 6.61 Å². The number of hydrazine groups is 1. The van der Waals surface area contributed by atoms with Crippen LogP contribution in [0.25, 0.3) is 6.08 Å². The SMILES string of the molecule is CC(C)CCOc1ccc(C(=O)NNC(=S)NC(=O)C=Cc2ccccc2)cc1. The number of hydrogen-bond acceptors (Lipinski definition) is 4. The van der Waals surface area contributed by atoms with Gasteiger partial charge >= 0.3 is 0 Å². The molecule has 3 N–H and O–H groups in total. The van der Waals surface area contributed by atoms with E-state index in [1.54, 1.807) is 30.3 Å². The van der Waals surface area contributed by atoms with Crippen LogP contribution in [0.5, 0.6) is 5.75 Å². The molecule has 0 aliphatic carbocycles. The van der Waals surface area contributed by atoms with Gasteiger partial charge in [-0.3, -0.25) is 25.8 Å². The molecule has 2 rings (SSSR count). The van der Waals surface area contributed by atoms with Crippen molar-refractivity contribution in [2.75, 3.05) is 6.61 Å². The Morgan fingerprint density at radius 3 is 2.38 bits per heavy atom. The molecule has 0 saturated carbocycles. The van der Waals surface area contributed by atoms with E-state index in [1.807, 2.05) is 30.3 Å². The van der Waals surface area contributed by atoms with Gasteiger partial charge in [-0.2, -0.15) is 0 Å². The molecule has 152 valence electrons. The summed E-state index contributed by atoms with van der Waals surface area (Å²) in [6, 6.07) is 16.2. The molecule has 0 radical (unpaired) electrons. The predicted molar refractivity (Wildman–Crippen MR) is 118 cm³/mol. The first kappa shape index (κ1) is 22.1. The van der Waals surface area contributed by atoms with Crippen LogP contribution in [0.3, 0.4) is 0 Å². The summed E-state index contributed by atoms with van der Waals surface area (Å²) in [7, 11) is 0. The zero-order valence-corrected chi connectivity index (χ0v) is 17.3. The fourth-order valence-electron chi connectivity index (χ4n) is 2.22. The maximum Gasteiger partial charge on any atom is 0.269 e. The number of carbonyl (C=O) groups is 2. The summed E-state index contributed by atoms with van der Waals surface area (Å²) in [6.07, 6.45) is 4.00. The third-order valence-electron chi connectivity index (χ3n) is 3.83. The van der Waals surface area contributed by atoms with E-state index >= 15 is 0 Å². The van der Waals surface area contributed by atoms with E-state index in [2.05, 4.69) is 30.0 Å². The molecule has 0 spiro atoms. The summed E-state index contributed by atoms with van der Waals surface area (Å²) in [5, 5.41) is 2.45. The lowest BCUT2D eigenvalue weighted by atomic mass is 10.1. The third-order valence-corrected chi connectivity index (χ3v) is 4.04. The van der Waals surface area contributed by atoms with Crippen LogP contribution in [0.15, 0.2) is 60.7 Å². The minimum Gasteiger partial charge on any atom is -0.494 e. The van der Waals surface area contributed by atoms with Crippen molar-refractivity contribution in [3.63, 3.8) is 0 Å². The Morgan fingerprint density at radius 2 is 1.72 bits per heavy atom. The summed E-state index contributed by atoms with van der Waals surface area (Å²) in [5.41, 5.74) is 6.28. The average Bonchev–Trinajstić information content (AvgIpc) is 2.71. The molecule has 2 aromatic carbocycles. The number of benzene rings is 2. The van der Waals surface area contributed by atoms with Gasteiger partial charge in [-0.15, -0.1) is 0 Å². The summed E-state index contributed by atoms with van der Waals surface area (Å²) < 4.78 is 5.63. The van der Waals surface area contributed by atoms with Crippen molar-refractivity contribution in [3.05, 3.63) is 71.8 Å². The highest BCUT2D eigenvalue weighted by Crippen LogP contribution is 2.13. The standard InChI is InChI=1S/C22H25N3O3S/c1-16(2)14-15-28-19-11-9-18(10-12-19)21(27)24-25-22(29)23-20(26)13-8-17-6-4-3-5-7-17/h3-13,16H,14-15H2,1-2H3,(H,24,27)(H2,23,25,26,29). The lowest BCUT2D eigenvalue weighted by molar-refractivity contribution is -0.115. The van der Waals surface area contributed by atoms with Gasteiger partial charge < -0.3 is 4.74 Å². The smallest absolute Gasteiger partial charge is 0.269 e. The maximum atomic E-state index is 12.2. The minimum absolute atomic E-state index is 0.00491. The number of hydrogen-bond donors (Lipinski definition) is 3. The third kappa shape index (κ3) is 8.57. The Morgan fingerprint density at radius 1 is 1.03 bits per heavy atom. The monoisotopic (exact) mass is 411 g/mol. The second kappa shape index (κ2) is 11.6. The van der Waals surface area contributed by atoms with Crippen molar-refractivity contribution in [2.24, 2.45) is 5.92 Å². The average molecular weight is 412 g/mol. The van der Waals surface area contributed by atoms with Crippen LogP contribution in [-0.2, 0) is 4.79 Å². The number of ether oxygens (including phenoxy) is 1. The Bertz CT molecular complexity index is 849. The van der Waals surface area contributed by atoms with E-state index in [0.29, 0.717) is 23.8 Å². The molecular weight excluding hydrogens is 386 g/mol. The normalized spacial score (nSPS) is 10.6. The van der Waals surface area contributed by atoms with Crippen LogP contribution in [0.4, 0.5) is 0 Å². The molecule has 0 bridgehead atoms. The summed E-state index contributed by atoms with van der Waals surface area (Å²) in [4.78, 5) is 24.0. The van der Waals surface area contributed by atoms with Crippen LogP contribution in [0.2, 0.25) is 0 Å². The fourth-order valence-corrected chi connectivity index (χ4v) is 2.37. The highest BCUT2D eigenvalue weighted by atomic mass is 32.1. The van der Waals surface area contributed by atoms with Gasteiger partial charge in [-0.1, -0.05) is 44.2 Å². The van der Waals surface area contributed by atoms with Crippen LogP contribution >= 0.6 is 12.2 Å². The molecule has 0 aliphatic heterocycles. The number of thiocarbonyl (C=S) groups is 1. The van der Waals surface area contributed by atoms with E-state index < -0.39 is 5.91 Å². The van der Waals surface area contributed by atoms with E-state index in [1.165, 1.54) is 6.08 Å². The van der Waals surface area contributed by atoms with Crippen molar-refractivity contribution in [1.29, 1.82) is 0 Å². The molecular formula is C22H25N3O3S. The molecule has 7 heteroatoms.